The van der Waals surface area contributed by atoms with Gasteiger partial charge in [0, 0.05) is 0 Å². The minimum absolute atomic E-state index is 0. The van der Waals surface area contributed by atoms with Crippen molar-refractivity contribution in [2.45, 2.75) is 0 Å². The summed E-state index contributed by atoms with van der Waals surface area (Å²) in [5.74, 6) is 0. The van der Waals surface area contributed by atoms with E-state index in [1.807, 2.05) is 0 Å². The van der Waals surface area contributed by atoms with E-state index in [2.05, 4.69) is 606 Å². The van der Waals surface area contributed by atoms with Gasteiger partial charge in [0.25, 0.3) is 0 Å². The lowest BCUT2D eigenvalue weighted by molar-refractivity contribution is 1.51. The fraction of sp³-hybridized carbons (Fsp3) is 0. The molecule has 145 heavy (non-hydrogen) atoms. The molecule has 830 valence electrons. The molecule has 22 radical (unpaired) electrons. The van der Waals surface area contributed by atoms with Crippen LogP contribution in [0.25, 0.3) is 0 Å². The minimum Gasteiger partial charge on any atom is -0.744 e. The van der Waals surface area contributed by atoms with E-state index >= 15 is 0 Å². The molecule has 0 aliphatic carbocycles. The van der Waals surface area contributed by atoms with Crippen molar-refractivity contribution in [3.05, 3.63) is 0 Å². The number of hydrogen-bond donors (Lipinski definition) is 66. The smallest absolute Gasteiger partial charge is 0.744 e. The zero-order valence-corrected chi connectivity index (χ0v) is 99.8. The first kappa shape index (κ1) is 306. The normalized spacial score (nSPS) is 5.46. The topological polar surface area (TPSA) is 1980 Å². The van der Waals surface area contributed by atoms with Crippen LogP contribution in [-0.2, 0) is 417 Å². The van der Waals surface area contributed by atoms with Gasteiger partial charge in [-0.2, -0.15) is 0 Å². The number of nitrogens with one attached hydrogen (secondary N) is 33. The van der Waals surface area contributed by atoms with E-state index in [9.17, 15) is 0 Å². The van der Waals surface area contributed by atoms with Gasteiger partial charge < -0.3 is 784 Å². The van der Waals surface area contributed by atoms with Crippen LogP contribution in [0.5, 0.6) is 0 Å². The lowest BCUT2D eigenvalue weighted by Crippen LogP contribution is -2.02. The Morgan fingerprint density at radius 1 is 0.0690 bits per heavy atom. The number of hydrogen-bond acceptors (Lipinski definition) is 66. The van der Waals surface area contributed by atoms with E-state index in [0.29, 0.717) is 0 Å². The third kappa shape index (κ3) is 13300. The molecule has 0 bridgehead atoms. The molecule has 0 aliphatic rings. The van der Waals surface area contributed by atoms with Crippen LogP contribution >= 0.6 is 24.8 Å². The molecule has 0 heterocycles. The Kier molecular flexibility index (Phi) is 632. The van der Waals surface area contributed by atoms with Crippen LogP contribution in [0, 0.1) is 179 Å². The molecule has 0 spiro atoms. The van der Waals surface area contributed by atoms with Gasteiger partial charge in [-0.05, 0) is 171 Å². The van der Waals surface area contributed by atoms with Gasteiger partial charge in [0.05, 0.1) is 0 Å². The highest BCUT2D eigenvalue weighted by Crippen LogP contribution is 1.43. The molecule has 0 aromatic carbocycles. The van der Waals surface area contributed by atoms with Crippen LogP contribution in [-0.4, -0.2) is 171 Å². The maximum Gasteiger partial charge on any atom is 3.00 e. The summed E-state index contributed by atoms with van der Waals surface area (Å²) in [6.45, 7) is 0. The van der Waals surface area contributed by atoms with Crippen molar-refractivity contribution in [2.24, 2.45) is 189 Å². The number of halogens is 2. The molecule has 0 amide bonds. The summed E-state index contributed by atoms with van der Waals surface area (Å²) >= 11 is 131. The second kappa shape index (κ2) is 299. The van der Waals surface area contributed by atoms with Crippen molar-refractivity contribution in [3.8, 4) is 0 Å². The summed E-state index contributed by atoms with van der Waals surface area (Å²) in [4.78, 5) is 0. The maximum absolute atomic E-state index is 6.09. The molecule has 0 aliphatic heterocycles. The zero-order chi connectivity index (χ0) is 118. The van der Waals surface area contributed by atoms with Gasteiger partial charge in [0.1, 0.15) is 0 Å². The third-order valence-corrected chi connectivity index (χ3v) is 0. The maximum atomic E-state index is 6.09. The molecule has 77 nitrogen and oxygen atoms in total. The van der Waals surface area contributed by atoms with E-state index in [1.54, 1.807) is 0 Å². The van der Waals surface area contributed by atoms with Crippen LogP contribution in [0.1, 0.15) is 0 Å². The molecule has 99 N–H and O–H groups in total. The van der Waals surface area contributed by atoms with Crippen molar-refractivity contribution in [1.29, 1.82) is 179 Å². The molecule has 0 unspecified atom stereocenters. The summed E-state index contributed by atoms with van der Waals surface area (Å²) in [6.07, 6.45) is 0. The molecule has 0 atom stereocenters. The lowest BCUT2D eigenvalue weighted by atomic mass is 11.4. The van der Waals surface area contributed by atoms with Gasteiger partial charge in [0.15, 0.2) is 0 Å². The average Bonchev–Trinajstić information content (AvgIpc) is 3.36. The predicted molar refractivity (Wildman–Crippen MR) is 674 cm³/mol. The molecule has 0 saturated carbocycles. The Bertz CT molecular complexity index is 1980. The monoisotopic (exact) mass is 2700 g/mol. The first-order chi connectivity index (χ1) is 57.2. The summed E-state index contributed by atoms with van der Waals surface area (Å²) < 4.78 is 0. The zero-order valence-electron chi connectivity index (χ0n) is 71.3. The quantitative estimate of drug-likeness (QED) is 0.0608. The van der Waals surface area contributed by atoms with E-state index in [1.165, 1.54) is 0 Å². The number of rotatable bonds is 0. The van der Waals surface area contributed by atoms with Gasteiger partial charge in [-0.25, -0.2) is 0 Å². The predicted octanol–water partition coefficient (Wildman–Crippen LogP) is -23.4. The van der Waals surface area contributed by atoms with Crippen LogP contribution < -0.4 is 257 Å². The highest BCUT2D eigenvalue weighted by Gasteiger charge is 3.01. The largest absolute Gasteiger partial charge is 3.00 e. The first-order valence-corrected chi connectivity index (χ1v) is 38.0. The van der Waals surface area contributed by atoms with Crippen molar-refractivity contribution in [1.82, 2.24) is 67.7 Å². The van der Waals surface area contributed by atoms with Gasteiger partial charge in [-0.3, -0.25) is 0 Å². The second-order valence-corrected chi connectivity index (χ2v) is 26.5. The van der Waals surface area contributed by atoms with Crippen molar-refractivity contribution in [2.75, 3.05) is 0 Å². The van der Waals surface area contributed by atoms with E-state index in [-0.39, 0.29) is 263 Å². The van der Waals surface area contributed by atoms with Crippen molar-refractivity contribution in [3.63, 3.8) is 0 Å². The third-order valence-electron chi connectivity index (χ3n) is 0. The molecule has 0 aromatic rings. The molecule has 0 aromatic heterocycles. The summed E-state index contributed by atoms with van der Waals surface area (Å²) in [6, 6.07) is 0. The van der Waals surface area contributed by atoms with Gasteiger partial charge in [-0.1, -0.05) is 0 Å². The average molecular weight is 2710 g/mol. The van der Waals surface area contributed by atoms with Gasteiger partial charge in [0.2, 0.25) is 0 Å². The molecule has 0 saturated heterocycles. The fourth-order valence-corrected chi connectivity index (χ4v) is 0. The highest BCUT2D eigenvalue weighted by molar-refractivity contribution is 7.83. The van der Waals surface area contributed by atoms with Crippen LogP contribution in [0.2, 0.25) is 0 Å². The molecule has 0 fully saturated rings. The Morgan fingerprint density at radius 2 is 0.0690 bits per heavy atom. The van der Waals surface area contributed by atoms with Crippen LogP contribution in [0.15, 0.2) is 0 Å². The van der Waals surface area contributed by atoms with E-state index in [0.717, 1.165) is 0 Å². The number of amidine groups is 33. The molecular weight excluding hydrogens is 2600 g/mol. The summed E-state index contributed by atoms with van der Waals surface area (Å²) in [7, 11) is 0. The van der Waals surface area contributed by atoms with Crippen molar-refractivity contribution >= 4 is 612 Å². The Morgan fingerprint density at radius 3 is 0.0690 bits per heavy atom. The molecular formula is C33H101Cl2N77S33. The summed E-state index contributed by atoms with van der Waals surface area (Å²) in [5, 5.41) is 193. The fourth-order valence-electron chi connectivity index (χ4n) is 0. The van der Waals surface area contributed by atoms with Gasteiger partial charge in [-0.15, -0.1) is 24.8 Å². The summed E-state index contributed by atoms with van der Waals surface area (Å²) in [5.41, 5.74) is 149. The Balaban J connectivity index is -0.0000000158. The highest BCUT2D eigenvalue weighted by atomic mass is 35.5. The Hall–Kier alpha value is -12.8. The van der Waals surface area contributed by atoms with Crippen LogP contribution in [0.3, 0.4) is 0 Å². The molecule has 112 heteroatoms. The lowest BCUT2D eigenvalue weighted by Gasteiger charge is -1.89. The van der Waals surface area contributed by atoms with E-state index < -0.39 is 0 Å². The second-order valence-electron chi connectivity index (χ2n) is 12.0. The van der Waals surface area contributed by atoms with Crippen molar-refractivity contribution < 1.29 is 0 Å². The number of nitrogens with zero attached hydrogens (tertiary/aromatic N) is 11. The SMILES string of the molecule is Cl.Cl.N=C(N)[S-].N=C(N)[S-].N=C(N)[S-].N=C(N)[S-].N=C(N)[S-].N=C(N)[S-].N=C(N)[S-].N=C(N)[S-].N=C(N)[S-].N=C(N)[S-].N=C(N)[S-].N=C(N)[S-].N=C(N)[S-].N=C(N)[S-].N=C(N)[S-].N=C(N)[S-].N=C(N)[S-].N=C(N)[S-].N=C(N)[S-].N=C(N)[S-].N=C(N)[S-].N=C(N)[S-].N=C(N)[S-].N=C(N)[S-].N=C(N)[S-].N=C(N)[S-].N=C(N)[S-].N=C(N)[S-].N=C(N)[S-].N=C(N)[S-].N=C(N)[S-].N=C(N)[S-].N=C(N)[S-].[N+3].[N+3].[N+3].[N+3].[N+3].[N+3].[N+3].[N+3].[N+3].[N+3].[N+3]. The van der Waals surface area contributed by atoms with Gasteiger partial charge >= 0.3 is 67.7 Å². The van der Waals surface area contributed by atoms with E-state index in [4.69, 9.17) is 179 Å². The first-order valence-electron chi connectivity index (χ1n) is 24.5. The molecule has 0 rings (SSSR count). The standard InChI is InChI=1S/33CH4N2S.2ClH.11N/c33*2-1(3)4;;;;;;;;;;;;;/h33*(H4,2,3,4);2*1H;;;;;;;;;;;/q;;;;;;;;;;;;;;;;;;;;;;;;;;;;;;;;;;;11*+3/p-33. The van der Waals surface area contributed by atoms with Crippen LogP contribution in [0.4, 0.5) is 0 Å². The Labute approximate surface area is 1040 Å². The number of nitrogens with two attached hydrogens (primary N) is 33. The minimum atomic E-state index is -0.250.